The molecule has 0 aromatic heterocycles. The molecule has 0 saturated carbocycles. The van der Waals surface area contributed by atoms with Gasteiger partial charge < -0.3 is 10.4 Å². The van der Waals surface area contributed by atoms with Crippen LogP contribution in [0.25, 0.3) is 0 Å². The lowest BCUT2D eigenvalue weighted by Gasteiger charge is -2.42. The van der Waals surface area contributed by atoms with Crippen LogP contribution in [0.3, 0.4) is 0 Å². The molecule has 32 heavy (non-hydrogen) atoms. The van der Waals surface area contributed by atoms with Crippen LogP contribution < -0.4 is 10.0 Å². The molecule has 0 bridgehead atoms. The summed E-state index contributed by atoms with van der Waals surface area (Å²) >= 11 is 0. The number of hydrogen-bond acceptors (Lipinski definition) is 4. The van der Waals surface area contributed by atoms with E-state index in [1.807, 2.05) is 26.0 Å². The zero-order valence-corrected chi connectivity index (χ0v) is 18.4. The van der Waals surface area contributed by atoms with Gasteiger partial charge in [0.1, 0.15) is 5.82 Å². The van der Waals surface area contributed by atoms with Gasteiger partial charge in [-0.05, 0) is 65.4 Å². The summed E-state index contributed by atoms with van der Waals surface area (Å²) in [5.41, 5.74) is 2.71. The number of carbonyl (C=O) groups is 1. The topological polar surface area (TPSA) is 95.5 Å². The number of carboxylic acid groups (broad SMARTS) is 1. The van der Waals surface area contributed by atoms with Crippen molar-refractivity contribution in [2.24, 2.45) is 5.41 Å². The molecule has 0 amide bonds. The van der Waals surface area contributed by atoms with E-state index in [0.29, 0.717) is 12.1 Å². The molecule has 6 nitrogen and oxygen atoms in total. The van der Waals surface area contributed by atoms with Crippen LogP contribution in [0.2, 0.25) is 0 Å². The summed E-state index contributed by atoms with van der Waals surface area (Å²) in [5, 5.41) is 12.8. The summed E-state index contributed by atoms with van der Waals surface area (Å²) < 4.78 is 42.0. The van der Waals surface area contributed by atoms with Gasteiger partial charge in [0.15, 0.2) is 0 Å². The van der Waals surface area contributed by atoms with Gasteiger partial charge >= 0.3 is 5.97 Å². The van der Waals surface area contributed by atoms with Gasteiger partial charge in [-0.15, -0.1) is 0 Å². The summed E-state index contributed by atoms with van der Waals surface area (Å²) in [7, 11) is -3.99. The van der Waals surface area contributed by atoms with Gasteiger partial charge in [-0.25, -0.2) is 17.6 Å². The van der Waals surface area contributed by atoms with E-state index >= 15 is 0 Å². The van der Waals surface area contributed by atoms with Gasteiger partial charge in [-0.3, -0.25) is 4.72 Å². The molecule has 4 rings (SSSR count). The lowest BCUT2D eigenvalue weighted by Crippen LogP contribution is -2.35. The number of nitrogens with one attached hydrogen (secondary N) is 2. The lowest BCUT2D eigenvalue weighted by atomic mass is 9.72. The fourth-order valence-corrected chi connectivity index (χ4v) is 5.25. The molecule has 0 aliphatic carbocycles. The number of para-hydroxylation sites is 1. The van der Waals surface area contributed by atoms with E-state index < -0.39 is 21.8 Å². The maximum Gasteiger partial charge on any atom is 0.335 e. The number of fused-ring (bicyclic) bond motifs is 1. The van der Waals surface area contributed by atoms with Crippen molar-refractivity contribution in [3.63, 3.8) is 0 Å². The molecule has 1 aliphatic heterocycles. The van der Waals surface area contributed by atoms with Crippen molar-refractivity contribution in [1.29, 1.82) is 0 Å². The smallest absolute Gasteiger partial charge is 0.335 e. The predicted molar refractivity (Wildman–Crippen MR) is 121 cm³/mol. The number of sulfonamides is 1. The van der Waals surface area contributed by atoms with E-state index in [-0.39, 0.29) is 21.9 Å². The molecule has 0 spiro atoms. The van der Waals surface area contributed by atoms with E-state index in [1.54, 1.807) is 30.3 Å². The minimum absolute atomic E-state index is 0.158. The third-order valence-electron chi connectivity index (χ3n) is 5.70. The van der Waals surface area contributed by atoms with E-state index in [1.165, 1.54) is 18.2 Å². The summed E-state index contributed by atoms with van der Waals surface area (Å²) in [6.07, 6.45) is 0.603. The van der Waals surface area contributed by atoms with Crippen molar-refractivity contribution >= 4 is 27.4 Å². The van der Waals surface area contributed by atoms with Crippen molar-refractivity contribution in [2.45, 2.75) is 31.2 Å². The Kier molecular flexibility index (Phi) is 5.42. The number of carboxylic acids is 1. The van der Waals surface area contributed by atoms with Gasteiger partial charge in [0.25, 0.3) is 10.0 Å². The van der Waals surface area contributed by atoms with Gasteiger partial charge in [0.2, 0.25) is 0 Å². The monoisotopic (exact) mass is 454 g/mol. The number of benzene rings is 3. The maximum absolute atomic E-state index is 13.6. The quantitative estimate of drug-likeness (QED) is 0.501. The number of halogens is 1. The predicted octanol–water partition coefficient (Wildman–Crippen LogP) is 5.06. The minimum Gasteiger partial charge on any atom is -0.478 e. The van der Waals surface area contributed by atoms with Gasteiger partial charge in [-0.1, -0.05) is 38.1 Å². The number of aromatic carboxylic acids is 1. The van der Waals surface area contributed by atoms with Crippen LogP contribution in [-0.2, 0) is 16.4 Å². The number of hydrogen-bond donors (Lipinski definition) is 3. The van der Waals surface area contributed by atoms with Gasteiger partial charge in [0.05, 0.1) is 22.2 Å². The molecule has 8 heteroatoms. The number of rotatable bonds is 5. The van der Waals surface area contributed by atoms with E-state index in [0.717, 1.165) is 22.9 Å². The Hall–Kier alpha value is -3.39. The summed E-state index contributed by atoms with van der Waals surface area (Å²) in [6.45, 7) is 4.08. The molecule has 166 valence electrons. The Labute approximate surface area is 186 Å². The van der Waals surface area contributed by atoms with Crippen molar-refractivity contribution in [2.75, 3.05) is 10.0 Å². The zero-order valence-electron chi connectivity index (χ0n) is 17.6. The molecule has 0 radical (unpaired) electrons. The second-order valence-electron chi connectivity index (χ2n) is 8.57. The van der Waals surface area contributed by atoms with Crippen molar-refractivity contribution in [1.82, 2.24) is 0 Å². The van der Waals surface area contributed by atoms with Crippen LogP contribution in [-0.4, -0.2) is 19.5 Å². The molecular formula is C24H23FN2O4S. The first-order chi connectivity index (χ1) is 15.1. The SMILES string of the molecule is CC1(C)Cc2cc(C(=O)O)ccc2NC1c1ccccc1NS(=O)(=O)c1cccc(F)c1. The largest absolute Gasteiger partial charge is 0.478 e. The highest BCUT2D eigenvalue weighted by Crippen LogP contribution is 2.47. The van der Waals surface area contributed by atoms with Crippen molar-refractivity contribution in [3.8, 4) is 0 Å². The first-order valence-electron chi connectivity index (χ1n) is 10.1. The average molecular weight is 455 g/mol. The fraction of sp³-hybridized carbons (Fsp3) is 0.208. The summed E-state index contributed by atoms with van der Waals surface area (Å²) in [5.74, 6) is -1.61. The van der Waals surface area contributed by atoms with E-state index in [9.17, 15) is 22.7 Å². The van der Waals surface area contributed by atoms with Crippen molar-refractivity contribution in [3.05, 3.63) is 89.2 Å². The maximum atomic E-state index is 13.6. The molecule has 3 aromatic carbocycles. The molecule has 1 unspecified atom stereocenters. The van der Waals surface area contributed by atoms with Crippen LogP contribution in [0, 0.1) is 11.2 Å². The van der Waals surface area contributed by atoms with Gasteiger partial charge in [0, 0.05) is 5.69 Å². The normalized spacial score (nSPS) is 17.2. The Morgan fingerprint density at radius 3 is 2.56 bits per heavy atom. The molecule has 3 N–H and O–H groups in total. The molecule has 0 saturated heterocycles. The molecule has 1 aliphatic rings. The second kappa shape index (κ2) is 7.94. The van der Waals surface area contributed by atoms with Gasteiger partial charge in [-0.2, -0.15) is 0 Å². The highest BCUT2D eigenvalue weighted by molar-refractivity contribution is 7.92. The molecule has 3 aromatic rings. The molecule has 0 fully saturated rings. The van der Waals surface area contributed by atoms with Crippen LogP contribution in [0.1, 0.15) is 41.4 Å². The standard InChI is InChI=1S/C24H23FN2O4S/c1-24(2)14-16-12-15(23(28)29)10-11-20(16)26-22(24)19-8-3-4-9-21(19)27-32(30,31)18-7-5-6-17(25)13-18/h3-13,22,26-27H,14H2,1-2H3,(H,28,29). The Morgan fingerprint density at radius 1 is 1.09 bits per heavy atom. The van der Waals surface area contributed by atoms with Crippen LogP contribution >= 0.6 is 0 Å². The van der Waals surface area contributed by atoms with Crippen LogP contribution in [0.4, 0.5) is 15.8 Å². The highest BCUT2D eigenvalue weighted by atomic mass is 32.2. The van der Waals surface area contributed by atoms with Crippen LogP contribution in [0.5, 0.6) is 0 Å². The summed E-state index contributed by atoms with van der Waals surface area (Å²) in [6, 6.07) is 16.6. The Balaban J connectivity index is 1.71. The zero-order chi connectivity index (χ0) is 23.1. The fourth-order valence-electron chi connectivity index (χ4n) is 4.14. The average Bonchev–Trinajstić information content (AvgIpc) is 2.72. The molecule has 1 atom stereocenters. The first kappa shape index (κ1) is 21.8. The second-order valence-corrected chi connectivity index (χ2v) is 10.3. The Morgan fingerprint density at radius 2 is 1.84 bits per heavy atom. The first-order valence-corrected chi connectivity index (χ1v) is 11.6. The lowest BCUT2D eigenvalue weighted by molar-refractivity contribution is 0.0696. The van der Waals surface area contributed by atoms with E-state index in [2.05, 4.69) is 10.0 Å². The minimum atomic E-state index is -3.99. The third kappa shape index (κ3) is 4.18. The summed E-state index contributed by atoms with van der Waals surface area (Å²) in [4.78, 5) is 11.2. The number of anilines is 2. The highest BCUT2D eigenvalue weighted by Gasteiger charge is 2.37. The van der Waals surface area contributed by atoms with E-state index in [4.69, 9.17) is 0 Å². The third-order valence-corrected chi connectivity index (χ3v) is 7.07. The molecular weight excluding hydrogens is 431 g/mol. The molecule has 1 heterocycles. The Bertz CT molecular complexity index is 1300. The van der Waals surface area contributed by atoms with Crippen LogP contribution in [0.15, 0.2) is 71.6 Å². The van der Waals surface area contributed by atoms with Crippen molar-refractivity contribution < 1.29 is 22.7 Å².